The number of carbonyl (C=O) groups is 2. The molecule has 0 unspecified atom stereocenters. The van der Waals surface area contributed by atoms with Crippen LogP contribution in [-0.2, 0) is 22.4 Å². The van der Waals surface area contributed by atoms with Gasteiger partial charge < -0.3 is 37.5 Å². The summed E-state index contributed by atoms with van der Waals surface area (Å²) in [6.45, 7) is 4.19. The van der Waals surface area contributed by atoms with E-state index >= 15 is 0 Å². The molecule has 0 bridgehead atoms. The number of hydrogen-bond acceptors (Lipinski definition) is 9. The van der Waals surface area contributed by atoms with E-state index in [1.54, 1.807) is 12.1 Å². The summed E-state index contributed by atoms with van der Waals surface area (Å²) >= 11 is 0. The highest BCUT2D eigenvalue weighted by molar-refractivity contribution is 5.90. The Morgan fingerprint density at radius 2 is 1.72 bits per heavy atom. The quantitative estimate of drug-likeness (QED) is 0.0694. The Labute approximate surface area is 252 Å². The molecule has 3 rings (SSSR count). The molecule has 0 aliphatic heterocycles. The minimum atomic E-state index is -0.975. The molecule has 232 valence electrons. The van der Waals surface area contributed by atoms with Crippen molar-refractivity contribution in [3.63, 3.8) is 0 Å². The van der Waals surface area contributed by atoms with E-state index in [0.717, 1.165) is 28.7 Å². The summed E-state index contributed by atoms with van der Waals surface area (Å²) in [5, 5.41) is 27.4. The van der Waals surface area contributed by atoms with Gasteiger partial charge in [-0.25, -0.2) is 0 Å². The average Bonchev–Trinajstić information content (AvgIpc) is 3.42. The number of hydrogen-bond donors (Lipinski definition) is 7. The zero-order valence-corrected chi connectivity index (χ0v) is 24.9. The summed E-state index contributed by atoms with van der Waals surface area (Å²) in [6.07, 6.45) is 3.75. The summed E-state index contributed by atoms with van der Waals surface area (Å²) in [5.41, 5.74) is 20.7. The molecule has 3 aromatic rings. The largest absolute Gasteiger partial charge is 0.508 e. The van der Waals surface area contributed by atoms with E-state index in [4.69, 9.17) is 27.1 Å². The number of aryl methyl sites for hydroxylation is 2. The number of carbonyl (C=O) groups excluding carboxylic acids is 2. The molecule has 2 aromatic carbocycles. The van der Waals surface area contributed by atoms with Crippen LogP contribution in [0, 0.1) is 19.3 Å². The van der Waals surface area contributed by atoms with Gasteiger partial charge in [0.05, 0.1) is 11.9 Å². The molecule has 0 spiro atoms. The number of amides is 2. The van der Waals surface area contributed by atoms with Gasteiger partial charge in [-0.15, -0.1) is 0 Å². The second-order valence-corrected chi connectivity index (χ2v) is 10.9. The standard InChI is InChI=1S/C31H44N8O4/c1-19-15-22(40)16-20(2)23(19)18-26(37-29(41)24(33)11-8-13-27(34)35)30(42)36-25(12-6-7-14-32)31-38-28(39-43-31)17-21-9-4-3-5-10-21/h3-5,9-10,15-16,24-26,40H,6-8,11-14,17-18,32-33H2,1-2H3,(H3,34,35)(H,36,42)(H,37,41)/t24-,25-,26+/m1/s1. The van der Waals surface area contributed by atoms with Crippen LogP contribution in [0.2, 0.25) is 0 Å². The molecule has 0 radical (unpaired) electrons. The lowest BCUT2D eigenvalue weighted by atomic mass is 9.95. The lowest BCUT2D eigenvalue weighted by molar-refractivity contribution is -0.130. The normalized spacial score (nSPS) is 13.2. The topological polar surface area (TPSA) is 219 Å². The third kappa shape index (κ3) is 10.5. The van der Waals surface area contributed by atoms with Crippen molar-refractivity contribution in [1.82, 2.24) is 20.8 Å². The first-order valence-electron chi connectivity index (χ1n) is 14.6. The van der Waals surface area contributed by atoms with Crippen molar-refractivity contribution in [1.29, 1.82) is 5.41 Å². The van der Waals surface area contributed by atoms with E-state index in [9.17, 15) is 14.7 Å². The lowest BCUT2D eigenvalue weighted by Gasteiger charge is -2.24. The molecular formula is C31H44N8O4. The van der Waals surface area contributed by atoms with E-state index in [1.807, 2.05) is 44.2 Å². The molecule has 10 N–H and O–H groups in total. The highest BCUT2D eigenvalue weighted by Gasteiger charge is 2.29. The summed E-state index contributed by atoms with van der Waals surface area (Å²) in [4.78, 5) is 31.5. The maximum atomic E-state index is 13.8. The van der Waals surface area contributed by atoms with E-state index < -0.39 is 29.9 Å². The number of amidine groups is 1. The van der Waals surface area contributed by atoms with Crippen LogP contribution in [0.25, 0.3) is 0 Å². The van der Waals surface area contributed by atoms with Gasteiger partial charge >= 0.3 is 0 Å². The van der Waals surface area contributed by atoms with Crippen LogP contribution >= 0.6 is 0 Å². The monoisotopic (exact) mass is 592 g/mol. The van der Waals surface area contributed by atoms with Crippen molar-refractivity contribution in [2.24, 2.45) is 17.2 Å². The maximum absolute atomic E-state index is 13.8. The van der Waals surface area contributed by atoms with Gasteiger partial charge in [0.25, 0.3) is 0 Å². The minimum Gasteiger partial charge on any atom is -0.508 e. The zero-order valence-electron chi connectivity index (χ0n) is 24.9. The van der Waals surface area contributed by atoms with Crippen LogP contribution < -0.4 is 27.8 Å². The van der Waals surface area contributed by atoms with E-state index in [0.29, 0.717) is 50.9 Å². The molecule has 0 saturated carbocycles. The van der Waals surface area contributed by atoms with Gasteiger partial charge in [0.1, 0.15) is 17.8 Å². The fourth-order valence-corrected chi connectivity index (χ4v) is 4.91. The number of phenols is 1. The van der Waals surface area contributed by atoms with Gasteiger partial charge in [0, 0.05) is 19.3 Å². The van der Waals surface area contributed by atoms with Crippen molar-refractivity contribution < 1.29 is 19.2 Å². The fourth-order valence-electron chi connectivity index (χ4n) is 4.91. The highest BCUT2D eigenvalue weighted by atomic mass is 16.5. The van der Waals surface area contributed by atoms with Crippen LogP contribution in [0.5, 0.6) is 5.75 Å². The number of nitrogens with one attached hydrogen (secondary N) is 3. The Hall–Kier alpha value is -4.29. The first-order valence-corrected chi connectivity index (χ1v) is 14.6. The third-order valence-electron chi connectivity index (χ3n) is 7.27. The first kappa shape index (κ1) is 33.2. The summed E-state index contributed by atoms with van der Waals surface area (Å²) in [7, 11) is 0. The molecule has 1 heterocycles. The second-order valence-electron chi connectivity index (χ2n) is 10.9. The molecule has 43 heavy (non-hydrogen) atoms. The summed E-state index contributed by atoms with van der Waals surface area (Å²) < 4.78 is 5.59. The molecule has 12 nitrogen and oxygen atoms in total. The van der Waals surface area contributed by atoms with Crippen LogP contribution in [0.15, 0.2) is 47.0 Å². The number of rotatable bonds is 17. The van der Waals surface area contributed by atoms with Crippen molar-refractivity contribution >= 4 is 17.6 Å². The van der Waals surface area contributed by atoms with E-state index in [2.05, 4.69) is 20.8 Å². The number of nitrogens with two attached hydrogens (primary N) is 3. The minimum absolute atomic E-state index is 0.0248. The number of aromatic hydroxyl groups is 1. The van der Waals surface area contributed by atoms with Crippen molar-refractivity contribution in [2.75, 3.05) is 6.54 Å². The average molecular weight is 593 g/mol. The fraction of sp³-hybridized carbons (Fsp3) is 0.452. The van der Waals surface area contributed by atoms with Crippen LogP contribution in [0.4, 0.5) is 0 Å². The Balaban J connectivity index is 1.83. The molecule has 2 amide bonds. The maximum Gasteiger partial charge on any atom is 0.249 e. The Bertz CT molecular complexity index is 1340. The van der Waals surface area contributed by atoms with Gasteiger partial charge in [-0.1, -0.05) is 35.5 Å². The molecule has 0 aliphatic carbocycles. The predicted octanol–water partition coefficient (Wildman–Crippen LogP) is 2.43. The smallest absolute Gasteiger partial charge is 0.249 e. The van der Waals surface area contributed by atoms with Gasteiger partial charge in [-0.2, -0.15) is 4.98 Å². The molecular weight excluding hydrogens is 548 g/mol. The van der Waals surface area contributed by atoms with Gasteiger partial charge in [0.15, 0.2) is 5.82 Å². The number of nitrogens with zero attached hydrogens (tertiary/aromatic N) is 2. The van der Waals surface area contributed by atoms with E-state index in [1.165, 1.54) is 0 Å². The van der Waals surface area contributed by atoms with Crippen LogP contribution in [0.1, 0.15) is 78.5 Å². The predicted molar refractivity (Wildman–Crippen MR) is 164 cm³/mol. The molecule has 0 aliphatic rings. The molecule has 12 heteroatoms. The number of phenolic OH excluding ortho intramolecular Hbond substituents is 1. The zero-order chi connectivity index (χ0) is 31.4. The molecule has 3 atom stereocenters. The number of benzene rings is 2. The lowest BCUT2D eigenvalue weighted by Crippen LogP contribution is -2.53. The van der Waals surface area contributed by atoms with Gasteiger partial charge in [0.2, 0.25) is 17.7 Å². The highest BCUT2D eigenvalue weighted by Crippen LogP contribution is 2.23. The molecule has 0 saturated heterocycles. The first-order chi connectivity index (χ1) is 20.6. The second kappa shape index (κ2) is 16.4. The Morgan fingerprint density at radius 3 is 2.37 bits per heavy atom. The summed E-state index contributed by atoms with van der Waals surface area (Å²) in [5.74, 6) is 0.00292. The van der Waals surface area contributed by atoms with Crippen molar-refractivity contribution in [3.05, 3.63) is 76.4 Å². The summed E-state index contributed by atoms with van der Waals surface area (Å²) in [6, 6.07) is 10.5. The van der Waals surface area contributed by atoms with Crippen LogP contribution in [-0.4, -0.2) is 51.5 Å². The Morgan fingerprint density at radius 1 is 1.02 bits per heavy atom. The third-order valence-corrected chi connectivity index (χ3v) is 7.27. The van der Waals surface area contributed by atoms with Gasteiger partial charge in [-0.05, 0) is 86.9 Å². The number of aromatic nitrogens is 2. The number of unbranched alkanes of at least 4 members (excludes halogenated alkanes) is 1. The molecule has 1 aromatic heterocycles. The van der Waals surface area contributed by atoms with Crippen LogP contribution in [0.3, 0.4) is 0 Å². The molecule has 0 fully saturated rings. The van der Waals surface area contributed by atoms with Gasteiger partial charge in [-0.3, -0.25) is 15.0 Å². The Kier molecular flexibility index (Phi) is 12.6. The van der Waals surface area contributed by atoms with Crippen molar-refractivity contribution in [3.8, 4) is 5.75 Å². The van der Waals surface area contributed by atoms with E-state index in [-0.39, 0.29) is 23.9 Å². The van der Waals surface area contributed by atoms with Crippen molar-refractivity contribution in [2.45, 2.75) is 83.3 Å². The SMILES string of the molecule is Cc1cc(O)cc(C)c1C[C@H](NC(=O)[C@H](N)CCCC(=N)N)C(=O)N[C@H](CCCCN)c1nc(Cc2ccccc2)no1.